The van der Waals surface area contributed by atoms with Crippen LogP contribution in [0.5, 0.6) is 5.75 Å². The highest BCUT2D eigenvalue weighted by Crippen LogP contribution is 2.16. The minimum atomic E-state index is -0.419. The predicted molar refractivity (Wildman–Crippen MR) is 71.0 cm³/mol. The Balaban J connectivity index is 2.25. The Bertz CT molecular complexity index is 365. The van der Waals surface area contributed by atoms with Gasteiger partial charge in [0.25, 0.3) is 5.69 Å². The van der Waals surface area contributed by atoms with Crippen molar-refractivity contribution in [3.63, 3.8) is 0 Å². The lowest BCUT2D eigenvalue weighted by Gasteiger charge is -2.13. The molecule has 1 unspecified atom stereocenters. The highest BCUT2D eigenvalue weighted by Gasteiger charge is 2.04. The van der Waals surface area contributed by atoms with Crippen LogP contribution < -0.4 is 10.1 Å². The summed E-state index contributed by atoms with van der Waals surface area (Å²) in [6, 6.07) is 6.63. The number of benzene rings is 1. The maximum Gasteiger partial charge on any atom is 0.269 e. The third kappa shape index (κ3) is 5.14. The van der Waals surface area contributed by atoms with Crippen LogP contribution in [0.25, 0.3) is 0 Å². The van der Waals surface area contributed by atoms with E-state index in [0.29, 0.717) is 18.4 Å². The molecule has 0 saturated heterocycles. The van der Waals surface area contributed by atoms with Crippen molar-refractivity contribution >= 4 is 5.69 Å². The second-order valence-corrected chi connectivity index (χ2v) is 4.24. The summed E-state index contributed by atoms with van der Waals surface area (Å²) in [6.07, 6.45) is 2.31. The molecule has 18 heavy (non-hydrogen) atoms. The van der Waals surface area contributed by atoms with Crippen LogP contribution in [0.2, 0.25) is 0 Å². The summed E-state index contributed by atoms with van der Waals surface area (Å²) in [6.45, 7) is 5.64. The second-order valence-electron chi connectivity index (χ2n) is 4.24. The molecule has 0 aliphatic carbocycles. The average Bonchev–Trinajstić information content (AvgIpc) is 2.35. The van der Waals surface area contributed by atoms with Crippen LogP contribution in [0, 0.1) is 10.1 Å². The van der Waals surface area contributed by atoms with Gasteiger partial charge in [0.1, 0.15) is 12.4 Å². The van der Waals surface area contributed by atoms with Crippen LogP contribution in [-0.2, 0) is 0 Å². The molecular formula is C13H20N2O3. The van der Waals surface area contributed by atoms with Gasteiger partial charge in [-0.2, -0.15) is 0 Å². The van der Waals surface area contributed by atoms with E-state index in [-0.39, 0.29) is 5.69 Å². The lowest BCUT2D eigenvalue weighted by molar-refractivity contribution is -0.384. The Labute approximate surface area is 107 Å². The number of hydrogen-bond acceptors (Lipinski definition) is 4. The van der Waals surface area contributed by atoms with E-state index in [2.05, 4.69) is 19.2 Å². The number of ether oxygens (including phenoxy) is 1. The van der Waals surface area contributed by atoms with Gasteiger partial charge in [0, 0.05) is 24.7 Å². The van der Waals surface area contributed by atoms with Gasteiger partial charge >= 0.3 is 0 Å². The van der Waals surface area contributed by atoms with Crippen LogP contribution >= 0.6 is 0 Å². The van der Waals surface area contributed by atoms with Gasteiger partial charge in [0.05, 0.1) is 4.92 Å². The summed E-state index contributed by atoms with van der Waals surface area (Å²) in [4.78, 5) is 10.0. The minimum Gasteiger partial charge on any atom is -0.492 e. The molecule has 5 heteroatoms. The molecule has 0 aromatic heterocycles. The summed E-state index contributed by atoms with van der Waals surface area (Å²) in [5.74, 6) is 0.658. The normalized spacial score (nSPS) is 12.1. The lowest BCUT2D eigenvalue weighted by Crippen LogP contribution is -2.29. The first kappa shape index (κ1) is 14.4. The maximum atomic E-state index is 10.5. The first-order valence-corrected chi connectivity index (χ1v) is 6.24. The molecule has 0 saturated carbocycles. The maximum absolute atomic E-state index is 10.5. The SMILES string of the molecule is CCCC(C)NCCOc1ccc([N+](=O)[O-])cc1. The number of nitro groups is 1. The largest absolute Gasteiger partial charge is 0.492 e. The summed E-state index contributed by atoms with van der Waals surface area (Å²) >= 11 is 0. The Morgan fingerprint density at radius 3 is 2.61 bits per heavy atom. The topological polar surface area (TPSA) is 64.4 Å². The van der Waals surface area contributed by atoms with Crippen molar-refractivity contribution in [3.8, 4) is 5.75 Å². The Hall–Kier alpha value is -1.62. The number of non-ortho nitro benzene ring substituents is 1. The zero-order valence-electron chi connectivity index (χ0n) is 10.9. The van der Waals surface area contributed by atoms with E-state index in [0.717, 1.165) is 19.4 Å². The van der Waals surface area contributed by atoms with E-state index in [4.69, 9.17) is 4.74 Å². The second kappa shape index (κ2) is 7.66. The molecule has 0 bridgehead atoms. The summed E-state index contributed by atoms with van der Waals surface area (Å²) in [5.41, 5.74) is 0.0806. The molecule has 0 aliphatic heterocycles. The van der Waals surface area contributed by atoms with E-state index in [1.54, 1.807) is 12.1 Å². The van der Waals surface area contributed by atoms with Gasteiger partial charge in [-0.1, -0.05) is 13.3 Å². The molecule has 100 valence electrons. The molecule has 0 radical (unpaired) electrons. The minimum absolute atomic E-state index is 0.0806. The van der Waals surface area contributed by atoms with E-state index in [1.165, 1.54) is 12.1 Å². The van der Waals surface area contributed by atoms with Gasteiger partial charge in [-0.05, 0) is 25.5 Å². The number of nitro benzene ring substituents is 1. The van der Waals surface area contributed by atoms with Crippen molar-refractivity contribution in [2.75, 3.05) is 13.2 Å². The van der Waals surface area contributed by atoms with E-state index in [9.17, 15) is 10.1 Å². The van der Waals surface area contributed by atoms with E-state index >= 15 is 0 Å². The van der Waals surface area contributed by atoms with Gasteiger partial charge in [-0.25, -0.2) is 0 Å². The van der Waals surface area contributed by atoms with Gasteiger partial charge < -0.3 is 10.1 Å². The Kier molecular flexibility index (Phi) is 6.14. The quantitative estimate of drug-likeness (QED) is 0.439. The van der Waals surface area contributed by atoms with Crippen molar-refractivity contribution in [2.24, 2.45) is 0 Å². The monoisotopic (exact) mass is 252 g/mol. The van der Waals surface area contributed by atoms with E-state index < -0.39 is 4.92 Å². The van der Waals surface area contributed by atoms with Gasteiger partial charge in [-0.3, -0.25) is 10.1 Å². The van der Waals surface area contributed by atoms with Gasteiger partial charge in [0.2, 0.25) is 0 Å². The molecule has 1 aromatic rings. The molecule has 1 aromatic carbocycles. The lowest BCUT2D eigenvalue weighted by atomic mass is 10.2. The predicted octanol–water partition coefficient (Wildman–Crippen LogP) is 2.75. The first-order valence-electron chi connectivity index (χ1n) is 6.24. The number of hydrogen-bond donors (Lipinski definition) is 1. The number of nitrogens with one attached hydrogen (secondary N) is 1. The molecule has 0 aliphatic rings. The molecule has 1 N–H and O–H groups in total. The van der Waals surface area contributed by atoms with Crippen molar-refractivity contribution in [1.82, 2.24) is 5.32 Å². The zero-order valence-corrected chi connectivity index (χ0v) is 10.9. The van der Waals surface area contributed by atoms with Gasteiger partial charge in [-0.15, -0.1) is 0 Å². The summed E-state index contributed by atoms with van der Waals surface area (Å²) < 4.78 is 5.48. The fourth-order valence-corrected chi connectivity index (χ4v) is 1.67. The third-order valence-electron chi connectivity index (χ3n) is 2.63. The van der Waals surface area contributed by atoms with Crippen molar-refractivity contribution in [2.45, 2.75) is 32.7 Å². The van der Waals surface area contributed by atoms with E-state index in [1.807, 2.05) is 0 Å². The Morgan fingerprint density at radius 2 is 2.06 bits per heavy atom. The van der Waals surface area contributed by atoms with Crippen molar-refractivity contribution in [3.05, 3.63) is 34.4 Å². The molecular weight excluding hydrogens is 232 g/mol. The molecule has 0 heterocycles. The molecule has 0 spiro atoms. The number of nitrogens with zero attached hydrogens (tertiary/aromatic N) is 1. The fourth-order valence-electron chi connectivity index (χ4n) is 1.67. The Morgan fingerprint density at radius 1 is 1.39 bits per heavy atom. The van der Waals surface area contributed by atoms with Crippen LogP contribution in [0.1, 0.15) is 26.7 Å². The van der Waals surface area contributed by atoms with Gasteiger partial charge in [0.15, 0.2) is 0 Å². The molecule has 1 rings (SSSR count). The first-order chi connectivity index (χ1) is 8.63. The average molecular weight is 252 g/mol. The highest BCUT2D eigenvalue weighted by molar-refractivity contribution is 5.35. The summed E-state index contributed by atoms with van der Waals surface area (Å²) in [5, 5.41) is 13.8. The fraction of sp³-hybridized carbons (Fsp3) is 0.538. The standard InChI is InChI=1S/C13H20N2O3/c1-3-4-11(2)14-9-10-18-13-7-5-12(6-8-13)15(16)17/h5-8,11,14H,3-4,9-10H2,1-2H3. The molecule has 0 fully saturated rings. The van der Waals surface area contributed by atoms with Crippen molar-refractivity contribution in [1.29, 1.82) is 0 Å². The third-order valence-corrected chi connectivity index (χ3v) is 2.63. The number of rotatable bonds is 8. The van der Waals surface area contributed by atoms with Crippen LogP contribution in [-0.4, -0.2) is 24.1 Å². The highest BCUT2D eigenvalue weighted by atomic mass is 16.6. The zero-order chi connectivity index (χ0) is 13.4. The van der Waals surface area contributed by atoms with Crippen molar-refractivity contribution < 1.29 is 9.66 Å². The van der Waals surface area contributed by atoms with Crippen LogP contribution in [0.15, 0.2) is 24.3 Å². The van der Waals surface area contributed by atoms with Crippen LogP contribution in [0.4, 0.5) is 5.69 Å². The van der Waals surface area contributed by atoms with Crippen LogP contribution in [0.3, 0.4) is 0 Å². The summed E-state index contributed by atoms with van der Waals surface area (Å²) in [7, 11) is 0. The molecule has 0 amide bonds. The smallest absolute Gasteiger partial charge is 0.269 e. The molecule has 1 atom stereocenters. The molecule has 5 nitrogen and oxygen atoms in total.